The molecule has 0 aromatic heterocycles. The van der Waals surface area contributed by atoms with E-state index in [0.29, 0.717) is 26.1 Å². The van der Waals surface area contributed by atoms with Gasteiger partial charge in [-0.3, -0.25) is 4.79 Å². The van der Waals surface area contributed by atoms with E-state index in [1.54, 1.807) is 0 Å². The molecule has 1 rings (SSSR count). The zero-order valence-electron chi connectivity index (χ0n) is 10.5. The van der Waals surface area contributed by atoms with Crippen LogP contribution in [0.4, 0.5) is 0 Å². The highest BCUT2D eigenvalue weighted by atomic mass is 16.5. The summed E-state index contributed by atoms with van der Waals surface area (Å²) in [7, 11) is 0. The third kappa shape index (κ3) is 2.44. The Hall–Kier alpha value is -0.880. The Morgan fingerprint density at radius 3 is 2.50 bits per heavy atom. The largest absolute Gasteiger partial charge is 0.381 e. The van der Waals surface area contributed by atoms with Crippen LogP contribution in [0.3, 0.4) is 0 Å². The molecule has 0 aromatic rings. The van der Waals surface area contributed by atoms with Crippen LogP contribution in [0, 0.1) is 22.2 Å². The molecule has 0 spiro atoms. The second-order valence-corrected chi connectivity index (χ2v) is 5.27. The lowest BCUT2D eigenvalue weighted by Gasteiger charge is -2.22. The van der Waals surface area contributed by atoms with Crippen LogP contribution >= 0.6 is 0 Å². The van der Waals surface area contributed by atoms with E-state index in [0.717, 1.165) is 12.8 Å². The van der Waals surface area contributed by atoms with Crippen LogP contribution in [0.25, 0.3) is 0 Å². The summed E-state index contributed by atoms with van der Waals surface area (Å²) in [6.45, 7) is 7.13. The van der Waals surface area contributed by atoms with Crippen LogP contribution in [0.5, 0.6) is 0 Å². The smallest absolute Gasteiger partial charge is 0.158 e. The van der Waals surface area contributed by atoms with Gasteiger partial charge in [-0.05, 0) is 25.7 Å². The Balaban J connectivity index is 2.60. The summed E-state index contributed by atoms with van der Waals surface area (Å²) < 4.78 is 5.38. The molecule has 0 amide bonds. The number of rotatable bonds is 5. The van der Waals surface area contributed by atoms with Crippen molar-refractivity contribution in [3.05, 3.63) is 0 Å². The van der Waals surface area contributed by atoms with Gasteiger partial charge in [0.05, 0.1) is 6.07 Å². The highest BCUT2D eigenvalue weighted by Gasteiger charge is 2.51. The molecule has 16 heavy (non-hydrogen) atoms. The molecule has 1 fully saturated rings. The number of carbonyl (C=O) groups excluding carboxylic acids is 1. The average Bonchev–Trinajstić information content (AvgIpc) is 2.49. The molecular formula is C13H21NO2. The molecule has 90 valence electrons. The number of carbonyl (C=O) groups is 1. The van der Waals surface area contributed by atoms with Crippen LogP contribution < -0.4 is 0 Å². The highest BCUT2D eigenvalue weighted by Crippen LogP contribution is 2.47. The van der Waals surface area contributed by atoms with Crippen LogP contribution in [0.15, 0.2) is 0 Å². The zero-order valence-corrected chi connectivity index (χ0v) is 10.5. The van der Waals surface area contributed by atoms with Crippen LogP contribution in [-0.2, 0) is 9.53 Å². The first-order chi connectivity index (χ1) is 7.48. The van der Waals surface area contributed by atoms with Crippen LogP contribution in [0.2, 0.25) is 0 Å². The fraction of sp³-hybridized carbons (Fsp3) is 0.846. The minimum Gasteiger partial charge on any atom is -0.381 e. The lowest BCUT2D eigenvalue weighted by atomic mass is 9.79. The topological polar surface area (TPSA) is 50.1 Å². The van der Waals surface area contributed by atoms with Gasteiger partial charge in [-0.25, -0.2) is 0 Å². The second-order valence-electron chi connectivity index (χ2n) is 5.27. The lowest BCUT2D eigenvalue weighted by molar-refractivity contribution is -0.130. The molecule has 1 aliphatic carbocycles. The Morgan fingerprint density at radius 1 is 1.38 bits per heavy atom. The summed E-state index contributed by atoms with van der Waals surface area (Å²) in [6, 6.07) is 2.23. The van der Waals surface area contributed by atoms with E-state index in [2.05, 4.69) is 6.07 Å². The SMILES string of the molecule is CCCOCCC1(C#N)CCC(C)(C)C1=O. The van der Waals surface area contributed by atoms with E-state index >= 15 is 0 Å². The fourth-order valence-electron chi connectivity index (χ4n) is 2.29. The second kappa shape index (κ2) is 4.97. The molecule has 3 heteroatoms. The molecule has 0 aliphatic heterocycles. The number of ether oxygens (including phenoxy) is 1. The Kier molecular flexibility index (Phi) is 4.09. The highest BCUT2D eigenvalue weighted by molar-refractivity contribution is 5.94. The normalized spacial score (nSPS) is 28.0. The van der Waals surface area contributed by atoms with Crippen molar-refractivity contribution < 1.29 is 9.53 Å². The van der Waals surface area contributed by atoms with Gasteiger partial charge in [0, 0.05) is 18.6 Å². The molecule has 0 radical (unpaired) electrons. The first-order valence-electron chi connectivity index (χ1n) is 6.02. The maximum absolute atomic E-state index is 12.2. The maximum Gasteiger partial charge on any atom is 0.158 e. The van der Waals surface area contributed by atoms with Crippen molar-refractivity contribution in [2.24, 2.45) is 10.8 Å². The number of ketones is 1. The van der Waals surface area contributed by atoms with Crippen molar-refractivity contribution in [3.63, 3.8) is 0 Å². The van der Waals surface area contributed by atoms with Crippen LogP contribution in [-0.4, -0.2) is 19.0 Å². The summed E-state index contributed by atoms with van der Waals surface area (Å²) in [5.41, 5.74) is -1.11. The van der Waals surface area contributed by atoms with Gasteiger partial charge in [0.2, 0.25) is 0 Å². The molecule has 0 N–H and O–H groups in total. The molecular weight excluding hydrogens is 202 g/mol. The first-order valence-corrected chi connectivity index (χ1v) is 6.02. The summed E-state index contributed by atoms with van der Waals surface area (Å²) in [5.74, 6) is 0.0996. The summed E-state index contributed by atoms with van der Waals surface area (Å²) in [4.78, 5) is 12.2. The van der Waals surface area contributed by atoms with Gasteiger partial charge < -0.3 is 4.74 Å². The van der Waals surface area contributed by atoms with Crippen molar-refractivity contribution in [3.8, 4) is 6.07 Å². The standard InChI is InChI=1S/C13H21NO2/c1-4-8-16-9-7-13(10-14)6-5-12(2,3)11(13)15/h4-9H2,1-3H3. The van der Waals surface area contributed by atoms with Gasteiger partial charge in [0.25, 0.3) is 0 Å². The Labute approximate surface area is 97.8 Å². The van der Waals surface area contributed by atoms with Crippen molar-refractivity contribution in [2.45, 2.75) is 46.5 Å². The summed E-state index contributed by atoms with van der Waals surface area (Å²) >= 11 is 0. The van der Waals surface area contributed by atoms with Crippen LogP contribution in [0.1, 0.15) is 46.5 Å². The monoisotopic (exact) mass is 223 g/mol. The van der Waals surface area contributed by atoms with E-state index in [1.807, 2.05) is 20.8 Å². The predicted molar refractivity (Wildman–Crippen MR) is 61.8 cm³/mol. The van der Waals surface area contributed by atoms with Gasteiger partial charge in [-0.15, -0.1) is 0 Å². The number of hydrogen-bond acceptors (Lipinski definition) is 3. The van der Waals surface area contributed by atoms with E-state index in [4.69, 9.17) is 4.74 Å². The first kappa shape index (κ1) is 13.2. The van der Waals surface area contributed by atoms with E-state index in [9.17, 15) is 10.1 Å². The number of Topliss-reactive ketones (excluding diaryl/α,β-unsaturated/α-hetero) is 1. The Bertz CT molecular complexity index is 304. The van der Waals surface area contributed by atoms with E-state index in [-0.39, 0.29) is 11.2 Å². The number of nitrogens with zero attached hydrogens (tertiary/aromatic N) is 1. The number of hydrogen-bond donors (Lipinski definition) is 0. The summed E-state index contributed by atoms with van der Waals surface area (Å²) in [5, 5.41) is 9.25. The van der Waals surface area contributed by atoms with Crippen molar-refractivity contribution in [1.82, 2.24) is 0 Å². The average molecular weight is 223 g/mol. The molecule has 0 bridgehead atoms. The molecule has 0 saturated heterocycles. The third-order valence-electron chi connectivity index (χ3n) is 3.46. The number of nitriles is 1. The molecule has 1 unspecified atom stereocenters. The predicted octanol–water partition coefficient (Wildman–Crippen LogP) is 2.70. The third-order valence-corrected chi connectivity index (χ3v) is 3.46. The quantitative estimate of drug-likeness (QED) is 0.673. The summed E-state index contributed by atoms with van der Waals surface area (Å²) in [6.07, 6.45) is 3.02. The molecule has 0 aromatic carbocycles. The molecule has 3 nitrogen and oxygen atoms in total. The van der Waals surface area contributed by atoms with E-state index in [1.165, 1.54) is 0 Å². The fourth-order valence-corrected chi connectivity index (χ4v) is 2.29. The lowest BCUT2D eigenvalue weighted by Crippen LogP contribution is -2.32. The van der Waals surface area contributed by atoms with Gasteiger partial charge in [-0.2, -0.15) is 5.26 Å². The van der Waals surface area contributed by atoms with Crippen molar-refractivity contribution >= 4 is 5.78 Å². The van der Waals surface area contributed by atoms with Crippen molar-refractivity contribution in [2.75, 3.05) is 13.2 Å². The van der Waals surface area contributed by atoms with Gasteiger partial charge in [0.1, 0.15) is 5.41 Å². The van der Waals surface area contributed by atoms with Gasteiger partial charge >= 0.3 is 0 Å². The molecule has 1 atom stereocenters. The zero-order chi connectivity index (χ0) is 12.2. The molecule has 0 heterocycles. The minimum atomic E-state index is -0.781. The molecule has 1 saturated carbocycles. The maximum atomic E-state index is 12.2. The van der Waals surface area contributed by atoms with Gasteiger partial charge in [0.15, 0.2) is 5.78 Å². The minimum absolute atomic E-state index is 0.0996. The van der Waals surface area contributed by atoms with Crippen molar-refractivity contribution in [1.29, 1.82) is 5.26 Å². The van der Waals surface area contributed by atoms with E-state index < -0.39 is 5.41 Å². The Morgan fingerprint density at radius 2 is 2.06 bits per heavy atom. The van der Waals surface area contributed by atoms with Gasteiger partial charge in [-0.1, -0.05) is 20.8 Å². The molecule has 1 aliphatic rings.